The van der Waals surface area contributed by atoms with Crippen LogP contribution in [0.25, 0.3) is 0 Å². The Hall–Kier alpha value is -7.94. The number of alkyl halides is 1. The van der Waals surface area contributed by atoms with Crippen LogP contribution in [0.3, 0.4) is 0 Å². The quantitative estimate of drug-likeness (QED) is 0.0421. The summed E-state index contributed by atoms with van der Waals surface area (Å²) in [5.74, 6) is -10.6. The maximum absolute atomic E-state index is 13.3. The number of nitrogens with zero attached hydrogens (tertiary/aromatic N) is 3. The van der Waals surface area contributed by atoms with E-state index in [0.717, 1.165) is 0 Å². The van der Waals surface area contributed by atoms with Crippen molar-refractivity contribution in [2.45, 2.75) is 108 Å². The number of anilines is 1. The number of carboxylic acid groups (broad SMARTS) is 6. The molecule has 0 spiro atoms. The number of hydrogen-bond acceptors (Lipinski definition) is 13. The van der Waals surface area contributed by atoms with Crippen molar-refractivity contribution in [2.24, 2.45) is 0 Å². The van der Waals surface area contributed by atoms with Gasteiger partial charge in [0.15, 0.2) is 0 Å². The van der Waals surface area contributed by atoms with Crippen molar-refractivity contribution < 1.29 is 87.8 Å². The average Bonchev–Trinajstić information content (AvgIpc) is 3.70. The number of carbonyl (C=O) groups is 11. The Labute approximate surface area is 379 Å². The van der Waals surface area contributed by atoms with Gasteiger partial charge < -0.3 is 67.9 Å². The Bertz CT molecular complexity index is 1990. The number of urea groups is 2. The fourth-order valence-corrected chi connectivity index (χ4v) is 5.92. The van der Waals surface area contributed by atoms with Crippen LogP contribution < -0.4 is 37.2 Å². The second-order valence-electron chi connectivity index (χ2n) is 14.7. The summed E-state index contributed by atoms with van der Waals surface area (Å²) in [6, 6.07) is -4.73. The van der Waals surface area contributed by atoms with E-state index in [4.69, 9.17) is 10.2 Å². The van der Waals surface area contributed by atoms with Gasteiger partial charge in [-0.3, -0.25) is 28.4 Å². The summed E-state index contributed by atoms with van der Waals surface area (Å²) in [5, 5.41) is 79.0. The van der Waals surface area contributed by atoms with Gasteiger partial charge >= 0.3 is 47.9 Å². The largest absolute Gasteiger partial charge is 0.481 e. The molecule has 0 aliphatic carbocycles. The number of unbranched alkanes of at least 4 members (excludes halogenated alkanes) is 2. The molecule has 2 aromatic rings. The number of carboxylic acids is 6. The molecule has 1 aromatic carbocycles. The number of aliphatic carboxylic acids is 6. The van der Waals surface area contributed by atoms with Gasteiger partial charge in [0.1, 0.15) is 30.7 Å². The molecule has 368 valence electrons. The Morgan fingerprint density at radius 1 is 0.567 bits per heavy atom. The summed E-state index contributed by atoms with van der Waals surface area (Å²) in [4.78, 5) is 132. The molecule has 2 rings (SSSR count). The van der Waals surface area contributed by atoms with Gasteiger partial charge in [-0.1, -0.05) is 5.21 Å². The first-order chi connectivity index (χ1) is 31.7. The predicted octanol–water partition coefficient (Wildman–Crippen LogP) is -0.240. The molecule has 0 saturated carbocycles. The lowest BCUT2D eigenvalue weighted by Gasteiger charge is -2.18. The standard InChI is InChI=1S/C39H53FN10O17/c40-13-5-6-23-19-50(49-48-23)20-29(51)43-24-17-21(32(56)41-14-3-1-7-25(34(58)59)44-38(66)46-27(36(62)63)9-11-30(52)53)16-22(18-24)33(57)42-15-4-2-8-26(35(60)61)45-39(67)47-28(37(64)65)10-12-31(54)55/h16-19,25-28H,1-15,20H2,(H,41,56)(H,42,57)(H,43,51)(H,52,53)(H,54,55)(H,58,59)(H,60,61)(H,62,63)(H,64,65)(H2,44,46,66)(H2,45,47,67)/t25-,26?,27-,28-/m0/s1. The van der Waals surface area contributed by atoms with E-state index in [0.29, 0.717) is 5.69 Å². The summed E-state index contributed by atoms with van der Waals surface area (Å²) >= 11 is 0. The second kappa shape index (κ2) is 28.8. The fraction of sp³-hybridized carbons (Fsp3) is 0.513. The third-order valence-electron chi connectivity index (χ3n) is 9.32. The molecule has 27 nitrogen and oxygen atoms in total. The number of nitrogens with one attached hydrogen (secondary N) is 7. The number of amides is 7. The molecule has 1 aromatic heterocycles. The van der Waals surface area contributed by atoms with Gasteiger partial charge in [0, 0.05) is 48.9 Å². The molecule has 0 saturated heterocycles. The molecule has 28 heteroatoms. The Morgan fingerprint density at radius 2 is 0.985 bits per heavy atom. The molecule has 1 heterocycles. The van der Waals surface area contributed by atoms with Gasteiger partial charge in [-0.25, -0.2) is 33.4 Å². The summed E-state index contributed by atoms with van der Waals surface area (Å²) in [5.41, 5.74) is 0.249. The number of aryl methyl sites for hydroxylation is 1. The zero-order valence-electron chi connectivity index (χ0n) is 35.8. The Kier molecular flexibility index (Phi) is 23.7. The number of hydrogen-bond donors (Lipinski definition) is 13. The van der Waals surface area contributed by atoms with Crippen LogP contribution in [0, 0.1) is 0 Å². The second-order valence-corrected chi connectivity index (χ2v) is 14.7. The molecule has 4 atom stereocenters. The zero-order valence-corrected chi connectivity index (χ0v) is 35.8. The highest BCUT2D eigenvalue weighted by atomic mass is 19.1. The zero-order chi connectivity index (χ0) is 50.1. The first kappa shape index (κ1) is 55.2. The van der Waals surface area contributed by atoms with E-state index in [1.165, 1.54) is 29.1 Å². The summed E-state index contributed by atoms with van der Waals surface area (Å²) in [6.45, 7) is -1.00. The Morgan fingerprint density at radius 3 is 1.37 bits per heavy atom. The number of rotatable bonds is 32. The maximum Gasteiger partial charge on any atom is 0.326 e. The summed E-state index contributed by atoms with van der Waals surface area (Å²) in [7, 11) is 0. The number of halogens is 1. The average molecular weight is 953 g/mol. The van der Waals surface area contributed by atoms with Gasteiger partial charge in [0.2, 0.25) is 5.91 Å². The van der Waals surface area contributed by atoms with Gasteiger partial charge in [-0.05, 0) is 82.4 Å². The smallest absolute Gasteiger partial charge is 0.326 e. The van der Waals surface area contributed by atoms with Gasteiger partial charge in [0.05, 0.1) is 12.4 Å². The third kappa shape index (κ3) is 22.0. The number of carbonyl (C=O) groups excluding carboxylic acids is 5. The molecule has 0 radical (unpaired) electrons. The minimum absolute atomic E-state index is 0.00376. The van der Waals surface area contributed by atoms with Crippen LogP contribution in [0.4, 0.5) is 19.7 Å². The molecule has 0 bridgehead atoms. The van der Waals surface area contributed by atoms with E-state index in [1.807, 2.05) is 10.6 Å². The minimum Gasteiger partial charge on any atom is -0.481 e. The highest BCUT2D eigenvalue weighted by molar-refractivity contribution is 6.02. The fourth-order valence-electron chi connectivity index (χ4n) is 5.92. The van der Waals surface area contributed by atoms with E-state index >= 15 is 0 Å². The van der Waals surface area contributed by atoms with E-state index in [1.54, 1.807) is 0 Å². The van der Waals surface area contributed by atoms with Gasteiger partial charge in [0.25, 0.3) is 11.8 Å². The van der Waals surface area contributed by atoms with Gasteiger partial charge in [-0.15, -0.1) is 5.10 Å². The normalized spacial score (nSPS) is 12.5. The van der Waals surface area contributed by atoms with Crippen LogP contribution in [0.1, 0.15) is 97.0 Å². The Balaban J connectivity index is 2.08. The lowest BCUT2D eigenvalue weighted by molar-refractivity contribution is -0.142. The van der Waals surface area contributed by atoms with Crippen molar-refractivity contribution in [3.8, 4) is 0 Å². The summed E-state index contributed by atoms with van der Waals surface area (Å²) < 4.78 is 13.8. The molecule has 0 aliphatic rings. The molecule has 1 unspecified atom stereocenters. The molecular formula is C39H53FN10O17. The van der Waals surface area contributed by atoms with Crippen molar-refractivity contribution in [1.82, 2.24) is 46.9 Å². The lowest BCUT2D eigenvalue weighted by atomic mass is 10.1. The van der Waals surface area contributed by atoms with Crippen molar-refractivity contribution in [2.75, 3.05) is 25.1 Å². The number of benzene rings is 1. The molecule has 67 heavy (non-hydrogen) atoms. The highest BCUT2D eigenvalue weighted by Crippen LogP contribution is 2.17. The highest BCUT2D eigenvalue weighted by Gasteiger charge is 2.26. The molecule has 0 aliphatic heterocycles. The van der Waals surface area contributed by atoms with Crippen LogP contribution in [0.15, 0.2) is 24.4 Å². The van der Waals surface area contributed by atoms with E-state index < -0.39 is 122 Å². The molecule has 13 N–H and O–H groups in total. The van der Waals surface area contributed by atoms with Crippen LogP contribution in [0.2, 0.25) is 0 Å². The minimum atomic E-state index is -1.60. The van der Waals surface area contributed by atoms with Gasteiger partial charge in [-0.2, -0.15) is 0 Å². The van der Waals surface area contributed by atoms with Crippen molar-refractivity contribution in [3.63, 3.8) is 0 Å². The van der Waals surface area contributed by atoms with Crippen molar-refractivity contribution in [1.29, 1.82) is 0 Å². The van der Waals surface area contributed by atoms with Crippen LogP contribution in [0.5, 0.6) is 0 Å². The molecular weight excluding hydrogens is 899 g/mol. The molecule has 0 fully saturated rings. The topological polar surface area (TPSA) is 424 Å². The molecule has 7 amide bonds. The van der Waals surface area contributed by atoms with E-state index in [2.05, 4.69) is 36.9 Å². The van der Waals surface area contributed by atoms with Crippen LogP contribution >= 0.6 is 0 Å². The van der Waals surface area contributed by atoms with Crippen molar-refractivity contribution in [3.05, 3.63) is 41.2 Å². The number of aromatic nitrogens is 3. The predicted molar refractivity (Wildman–Crippen MR) is 225 cm³/mol. The summed E-state index contributed by atoms with van der Waals surface area (Å²) in [6.07, 6.45) is 0.154. The third-order valence-corrected chi connectivity index (χ3v) is 9.32. The maximum atomic E-state index is 13.3. The van der Waals surface area contributed by atoms with E-state index in [-0.39, 0.29) is 87.8 Å². The van der Waals surface area contributed by atoms with Crippen molar-refractivity contribution >= 4 is 71.3 Å². The SMILES string of the molecule is O=C(O)CC[C@H](NC(=O)NC(CCCCNC(=O)c1cc(NC(=O)Cn2cc(CCCF)nn2)cc(C(=O)NCCCC[C@H](NC(=O)N[C@@H](CCC(=O)O)C(=O)O)C(=O)O)c1)C(=O)O)C(=O)O. The van der Waals surface area contributed by atoms with E-state index in [9.17, 15) is 77.6 Å². The first-order valence-corrected chi connectivity index (χ1v) is 20.6. The monoisotopic (exact) mass is 952 g/mol. The first-order valence-electron chi connectivity index (χ1n) is 20.6. The van der Waals surface area contributed by atoms with Crippen LogP contribution in [-0.4, -0.2) is 155 Å². The lowest BCUT2D eigenvalue weighted by Crippen LogP contribution is -2.51. The van der Waals surface area contributed by atoms with Crippen LogP contribution in [-0.2, 0) is 46.5 Å².